The molecule has 70 valence electrons. The Balaban J connectivity index is 3.00. The van der Waals surface area contributed by atoms with Gasteiger partial charge < -0.3 is 0 Å². The topological polar surface area (TPSA) is 41.6 Å². The molecule has 1 saturated heterocycles. The van der Waals surface area contributed by atoms with Gasteiger partial charge in [0.2, 0.25) is 0 Å². The number of terminal acetylenes is 2. The number of nitrogens with one attached hydrogen (secondary N) is 1. The van der Waals surface area contributed by atoms with Crippen LogP contribution in [0.3, 0.4) is 0 Å². The molecule has 0 aromatic carbocycles. The maximum atomic E-state index is 11.9. The van der Waals surface area contributed by atoms with Gasteiger partial charge in [0.05, 0.1) is 0 Å². The van der Waals surface area contributed by atoms with Gasteiger partial charge in [-0.25, -0.2) is 9.76 Å². The van der Waals surface area contributed by atoms with Crippen molar-refractivity contribution < 1.29 is 9.09 Å². The van der Waals surface area contributed by atoms with Gasteiger partial charge in [0.15, 0.2) is 6.10 Å². The van der Waals surface area contributed by atoms with Gasteiger partial charge in [-0.2, -0.15) is 0 Å². The molecule has 3 atom stereocenters. The van der Waals surface area contributed by atoms with Gasteiger partial charge in [-0.15, -0.1) is 12.8 Å². The van der Waals surface area contributed by atoms with E-state index < -0.39 is 19.8 Å². The second-order valence-electron chi connectivity index (χ2n) is 2.62. The second-order valence-corrected chi connectivity index (χ2v) is 4.95. The zero-order valence-electron chi connectivity index (χ0n) is 7.52. The maximum Gasteiger partial charge on any atom is 0.345 e. The average molecular weight is 198 g/mol. The van der Waals surface area contributed by atoms with Gasteiger partial charge in [0.25, 0.3) is 0 Å². The quantitative estimate of drug-likeness (QED) is 0.485. The Morgan fingerprint density at radius 1 is 1.54 bits per heavy atom. The molecule has 0 radical (unpaired) electrons. The number of hydrogen-bond acceptors (Lipinski definition) is 2. The van der Waals surface area contributed by atoms with Crippen LogP contribution < -0.4 is 5.09 Å². The van der Waals surface area contributed by atoms with E-state index in [0.29, 0.717) is 0 Å². The molecule has 4 nitrogen and oxygen atoms in total. The Morgan fingerprint density at radius 2 is 2.15 bits per heavy atom. The van der Waals surface area contributed by atoms with E-state index in [-0.39, 0.29) is 0 Å². The van der Waals surface area contributed by atoms with E-state index in [2.05, 4.69) is 16.9 Å². The fraction of sp³-hybridized carbons (Fsp3) is 0.500. The summed E-state index contributed by atoms with van der Waals surface area (Å²) in [5.41, 5.74) is 0. The van der Waals surface area contributed by atoms with Crippen LogP contribution in [0.25, 0.3) is 0 Å². The van der Waals surface area contributed by atoms with Crippen molar-refractivity contribution in [3.63, 3.8) is 0 Å². The highest BCUT2D eigenvalue weighted by Crippen LogP contribution is 2.53. The molecule has 0 spiro atoms. The van der Waals surface area contributed by atoms with Gasteiger partial charge in [0, 0.05) is 0 Å². The minimum atomic E-state index is -2.99. The van der Waals surface area contributed by atoms with Gasteiger partial charge >= 0.3 is 7.67 Å². The summed E-state index contributed by atoms with van der Waals surface area (Å²) in [6, 6.07) is -0.428. The van der Waals surface area contributed by atoms with E-state index in [0.717, 1.165) is 0 Å². The normalized spacial score (nSPS) is 39.7. The first kappa shape index (κ1) is 10.3. The van der Waals surface area contributed by atoms with Gasteiger partial charge in [-0.1, -0.05) is 11.8 Å². The Bertz CT molecular complexity index is 328. The molecular weight excluding hydrogens is 187 g/mol. The SMILES string of the molecule is C#CC1OP(=O)(NC)N(C)C1C#C. The van der Waals surface area contributed by atoms with E-state index in [1.807, 2.05) is 0 Å². The van der Waals surface area contributed by atoms with Crippen molar-refractivity contribution in [2.24, 2.45) is 0 Å². The number of likely N-dealkylation sites (N-methyl/N-ethyl adjacent to an activating group) is 1. The average Bonchev–Trinajstić information content (AvgIpc) is 2.40. The summed E-state index contributed by atoms with van der Waals surface area (Å²) < 4.78 is 18.5. The molecule has 0 aromatic rings. The summed E-state index contributed by atoms with van der Waals surface area (Å²) >= 11 is 0. The van der Waals surface area contributed by atoms with Crippen LogP contribution in [0, 0.1) is 24.7 Å². The first-order valence-corrected chi connectivity index (χ1v) is 5.30. The van der Waals surface area contributed by atoms with E-state index >= 15 is 0 Å². The lowest BCUT2D eigenvalue weighted by Gasteiger charge is -2.18. The van der Waals surface area contributed by atoms with Crippen molar-refractivity contribution in [2.45, 2.75) is 12.1 Å². The van der Waals surface area contributed by atoms with E-state index in [1.54, 1.807) is 14.1 Å². The Hall–Kier alpha value is -0.770. The van der Waals surface area contributed by atoms with Crippen molar-refractivity contribution >= 4 is 7.67 Å². The number of rotatable bonds is 1. The molecular formula is C8H11N2O2P. The van der Waals surface area contributed by atoms with Crippen LogP contribution in [0.5, 0.6) is 0 Å². The highest BCUT2D eigenvalue weighted by atomic mass is 31.2. The highest BCUT2D eigenvalue weighted by Gasteiger charge is 2.46. The van der Waals surface area contributed by atoms with Crippen LogP contribution in [-0.4, -0.2) is 30.9 Å². The largest absolute Gasteiger partial charge is 0.345 e. The fourth-order valence-electron chi connectivity index (χ4n) is 1.17. The van der Waals surface area contributed by atoms with Crippen molar-refractivity contribution in [2.75, 3.05) is 14.1 Å². The standard InChI is InChI=1S/C8H11N2O2P/c1-5-7-8(6-2)12-13(11,9-3)10(7)4/h1-2,7-8H,3-4H3,(H,9,11). The van der Waals surface area contributed by atoms with Gasteiger partial charge in [-0.05, 0) is 14.1 Å². The molecule has 0 bridgehead atoms. The van der Waals surface area contributed by atoms with Crippen LogP contribution in [0.4, 0.5) is 0 Å². The van der Waals surface area contributed by atoms with Crippen LogP contribution in [0.15, 0.2) is 0 Å². The summed E-state index contributed by atoms with van der Waals surface area (Å²) in [5.74, 6) is 4.82. The molecule has 1 heterocycles. The number of nitrogens with zero attached hydrogens (tertiary/aromatic N) is 1. The third kappa shape index (κ3) is 1.50. The molecule has 5 heteroatoms. The summed E-state index contributed by atoms with van der Waals surface area (Å²) in [4.78, 5) is 0. The first-order valence-electron chi connectivity index (χ1n) is 3.72. The molecule has 1 aliphatic rings. The van der Waals surface area contributed by atoms with Gasteiger partial charge in [0.1, 0.15) is 6.04 Å². The van der Waals surface area contributed by atoms with E-state index in [4.69, 9.17) is 17.4 Å². The van der Waals surface area contributed by atoms with Crippen LogP contribution in [-0.2, 0) is 9.09 Å². The zero-order valence-corrected chi connectivity index (χ0v) is 8.41. The minimum Gasteiger partial charge on any atom is -0.287 e. The Morgan fingerprint density at radius 3 is 2.46 bits per heavy atom. The maximum absolute atomic E-state index is 11.9. The lowest BCUT2D eigenvalue weighted by atomic mass is 10.2. The molecule has 0 saturated carbocycles. The molecule has 1 fully saturated rings. The predicted octanol–water partition coefficient (Wildman–Crippen LogP) is 0.279. The summed E-state index contributed by atoms with van der Waals surface area (Å²) in [7, 11) is 0.181. The van der Waals surface area contributed by atoms with Crippen molar-refractivity contribution in [1.82, 2.24) is 9.76 Å². The van der Waals surface area contributed by atoms with Crippen LogP contribution in [0.1, 0.15) is 0 Å². The second kappa shape index (κ2) is 3.54. The molecule has 1 N–H and O–H groups in total. The third-order valence-corrected chi connectivity index (χ3v) is 4.14. The van der Waals surface area contributed by atoms with Gasteiger partial charge in [-0.3, -0.25) is 9.09 Å². The molecule has 13 heavy (non-hydrogen) atoms. The molecule has 0 amide bonds. The lowest BCUT2D eigenvalue weighted by molar-refractivity contribution is 0.280. The summed E-state index contributed by atoms with van der Waals surface area (Å²) in [6.07, 6.45) is 9.84. The molecule has 1 rings (SSSR count). The predicted molar refractivity (Wildman–Crippen MR) is 50.8 cm³/mol. The third-order valence-electron chi connectivity index (χ3n) is 1.98. The van der Waals surface area contributed by atoms with Crippen molar-refractivity contribution in [3.05, 3.63) is 0 Å². The van der Waals surface area contributed by atoms with E-state index in [1.165, 1.54) is 4.67 Å². The molecule has 1 aliphatic heterocycles. The zero-order chi connectivity index (χ0) is 10.1. The lowest BCUT2D eigenvalue weighted by Crippen LogP contribution is -2.29. The smallest absolute Gasteiger partial charge is 0.287 e. The van der Waals surface area contributed by atoms with Crippen molar-refractivity contribution in [3.8, 4) is 24.7 Å². The Kier molecular flexibility index (Phi) is 2.81. The van der Waals surface area contributed by atoms with Crippen molar-refractivity contribution in [1.29, 1.82) is 0 Å². The van der Waals surface area contributed by atoms with Crippen LogP contribution in [0.2, 0.25) is 0 Å². The summed E-state index contributed by atoms with van der Waals surface area (Å²) in [6.45, 7) is 0. The van der Waals surface area contributed by atoms with E-state index in [9.17, 15) is 4.57 Å². The molecule has 0 aliphatic carbocycles. The van der Waals surface area contributed by atoms with Crippen LogP contribution >= 0.6 is 7.67 Å². The molecule has 3 unspecified atom stereocenters. The highest BCUT2D eigenvalue weighted by molar-refractivity contribution is 7.54. The molecule has 0 aromatic heterocycles. The summed E-state index contributed by atoms with van der Waals surface area (Å²) in [5, 5.41) is 2.59. The number of hydrogen-bond donors (Lipinski definition) is 1. The fourth-order valence-corrected chi connectivity index (χ4v) is 2.74. The monoisotopic (exact) mass is 198 g/mol. The first-order chi connectivity index (χ1) is 6.09. The Labute approximate surface area is 78.2 Å². The minimum absolute atomic E-state index is 0.428.